The number of aryl methyl sites for hydroxylation is 1. The Morgan fingerprint density at radius 2 is 2.27 bits per heavy atom. The van der Waals surface area contributed by atoms with Crippen molar-refractivity contribution in [3.8, 4) is 11.6 Å². The predicted molar refractivity (Wildman–Crippen MR) is 57.3 cm³/mol. The Morgan fingerprint density at radius 3 is 2.93 bits per heavy atom. The Hall–Kier alpha value is -1.84. The third kappa shape index (κ3) is 1.98. The maximum absolute atomic E-state index is 5.48. The van der Waals surface area contributed by atoms with Crippen LogP contribution in [0.25, 0.3) is 5.82 Å². The molecule has 0 aliphatic rings. The van der Waals surface area contributed by atoms with Gasteiger partial charge in [-0.1, -0.05) is 0 Å². The van der Waals surface area contributed by atoms with Crippen LogP contribution in [-0.4, -0.2) is 21.4 Å². The van der Waals surface area contributed by atoms with Gasteiger partial charge in [-0.2, -0.15) is 5.10 Å². The van der Waals surface area contributed by atoms with Crippen LogP contribution in [-0.2, 0) is 0 Å². The van der Waals surface area contributed by atoms with Crippen molar-refractivity contribution >= 4 is 0 Å². The molecule has 0 fully saturated rings. The summed E-state index contributed by atoms with van der Waals surface area (Å²) in [7, 11) is 0. The van der Waals surface area contributed by atoms with E-state index in [9.17, 15) is 0 Å². The van der Waals surface area contributed by atoms with Crippen molar-refractivity contribution < 1.29 is 4.74 Å². The van der Waals surface area contributed by atoms with E-state index >= 15 is 0 Å². The molecule has 15 heavy (non-hydrogen) atoms. The summed E-state index contributed by atoms with van der Waals surface area (Å²) in [6.45, 7) is 4.52. The first kappa shape index (κ1) is 9.71. The second-order valence-corrected chi connectivity index (χ2v) is 3.16. The van der Waals surface area contributed by atoms with Crippen molar-refractivity contribution in [1.82, 2.24) is 14.8 Å². The summed E-state index contributed by atoms with van der Waals surface area (Å²) in [4.78, 5) is 4.26. The summed E-state index contributed by atoms with van der Waals surface area (Å²) < 4.78 is 7.20. The molecule has 0 saturated heterocycles. The van der Waals surface area contributed by atoms with Crippen LogP contribution >= 0.6 is 0 Å². The van der Waals surface area contributed by atoms with Crippen molar-refractivity contribution in [3.63, 3.8) is 0 Å². The lowest BCUT2D eigenvalue weighted by Crippen LogP contribution is -2.03. The lowest BCUT2D eigenvalue weighted by molar-refractivity contribution is 0.336. The summed E-state index contributed by atoms with van der Waals surface area (Å²) in [5, 5.41) is 4.30. The fourth-order valence-electron chi connectivity index (χ4n) is 1.36. The van der Waals surface area contributed by atoms with Crippen molar-refractivity contribution in [2.75, 3.05) is 6.61 Å². The van der Waals surface area contributed by atoms with Crippen molar-refractivity contribution in [1.29, 1.82) is 0 Å². The third-order valence-electron chi connectivity index (χ3n) is 1.99. The molecule has 0 atom stereocenters. The molecule has 2 aromatic rings. The van der Waals surface area contributed by atoms with Crippen molar-refractivity contribution in [3.05, 3.63) is 36.3 Å². The topological polar surface area (TPSA) is 39.9 Å². The van der Waals surface area contributed by atoms with Crippen LogP contribution in [0.5, 0.6) is 5.75 Å². The molecule has 4 heteroatoms. The minimum absolute atomic E-state index is 0.624. The normalized spacial score (nSPS) is 10.3. The molecule has 2 rings (SSSR count). The minimum Gasteiger partial charge on any atom is -0.490 e. The van der Waals surface area contributed by atoms with Gasteiger partial charge in [0.2, 0.25) is 0 Å². The molecule has 0 aliphatic heterocycles. The molecule has 0 unspecified atom stereocenters. The van der Waals surface area contributed by atoms with Crippen LogP contribution in [0, 0.1) is 6.92 Å². The van der Waals surface area contributed by atoms with Crippen LogP contribution in [0.3, 0.4) is 0 Å². The highest BCUT2D eigenvalue weighted by Crippen LogP contribution is 2.18. The largest absolute Gasteiger partial charge is 0.490 e. The number of hydrogen-bond donors (Lipinski definition) is 0. The Kier molecular flexibility index (Phi) is 2.67. The smallest absolute Gasteiger partial charge is 0.196 e. The quantitative estimate of drug-likeness (QED) is 0.765. The van der Waals surface area contributed by atoms with Gasteiger partial charge in [-0.25, -0.2) is 9.67 Å². The highest BCUT2D eigenvalue weighted by molar-refractivity contribution is 5.39. The van der Waals surface area contributed by atoms with Gasteiger partial charge in [0.15, 0.2) is 11.6 Å². The predicted octanol–water partition coefficient (Wildman–Crippen LogP) is 1.97. The second-order valence-electron chi connectivity index (χ2n) is 3.16. The molecule has 0 saturated carbocycles. The van der Waals surface area contributed by atoms with E-state index in [1.54, 1.807) is 10.9 Å². The van der Waals surface area contributed by atoms with E-state index < -0.39 is 0 Å². The highest BCUT2D eigenvalue weighted by atomic mass is 16.5. The summed E-state index contributed by atoms with van der Waals surface area (Å²) in [6, 6.07) is 5.68. The van der Waals surface area contributed by atoms with Gasteiger partial charge in [0.1, 0.15) is 0 Å². The number of pyridine rings is 1. The summed E-state index contributed by atoms with van der Waals surface area (Å²) in [6.07, 6.45) is 3.61. The average Bonchev–Trinajstić information content (AvgIpc) is 2.66. The van der Waals surface area contributed by atoms with Gasteiger partial charge in [0, 0.05) is 12.4 Å². The van der Waals surface area contributed by atoms with Crippen molar-refractivity contribution in [2.24, 2.45) is 0 Å². The molecular formula is C11H13N3O. The number of nitrogens with zero attached hydrogens (tertiary/aromatic N) is 3. The van der Waals surface area contributed by atoms with Crippen LogP contribution in [0.1, 0.15) is 12.6 Å². The van der Waals surface area contributed by atoms with E-state index in [1.807, 2.05) is 38.2 Å². The van der Waals surface area contributed by atoms with Gasteiger partial charge in [0.05, 0.1) is 12.3 Å². The zero-order valence-electron chi connectivity index (χ0n) is 8.84. The van der Waals surface area contributed by atoms with Crippen LogP contribution in [0.4, 0.5) is 0 Å². The second kappa shape index (κ2) is 4.13. The molecular weight excluding hydrogens is 190 g/mol. The van der Waals surface area contributed by atoms with E-state index in [0.29, 0.717) is 6.61 Å². The Morgan fingerprint density at radius 1 is 1.40 bits per heavy atom. The Bertz CT molecular complexity index is 451. The van der Waals surface area contributed by atoms with Gasteiger partial charge in [-0.05, 0) is 32.0 Å². The van der Waals surface area contributed by atoms with Crippen LogP contribution < -0.4 is 4.74 Å². The molecule has 2 heterocycles. The van der Waals surface area contributed by atoms with Gasteiger partial charge in [0.25, 0.3) is 0 Å². The zero-order chi connectivity index (χ0) is 10.7. The number of hydrogen-bond acceptors (Lipinski definition) is 3. The maximum Gasteiger partial charge on any atom is 0.196 e. The molecule has 0 amide bonds. The molecule has 0 aliphatic carbocycles. The molecule has 0 spiro atoms. The molecule has 0 radical (unpaired) electrons. The van der Waals surface area contributed by atoms with Crippen molar-refractivity contribution in [2.45, 2.75) is 13.8 Å². The monoisotopic (exact) mass is 203 g/mol. The molecule has 78 valence electrons. The van der Waals surface area contributed by atoms with Gasteiger partial charge in [-0.3, -0.25) is 0 Å². The van der Waals surface area contributed by atoms with Crippen LogP contribution in [0.2, 0.25) is 0 Å². The molecule has 2 aromatic heterocycles. The summed E-state index contributed by atoms with van der Waals surface area (Å²) in [5.41, 5.74) is 0.961. The van der Waals surface area contributed by atoms with Gasteiger partial charge < -0.3 is 4.74 Å². The fraction of sp³-hybridized carbons (Fsp3) is 0.273. The van der Waals surface area contributed by atoms with E-state index in [1.165, 1.54) is 0 Å². The van der Waals surface area contributed by atoms with E-state index in [2.05, 4.69) is 10.1 Å². The minimum atomic E-state index is 0.624. The van der Waals surface area contributed by atoms with Gasteiger partial charge in [-0.15, -0.1) is 0 Å². The number of ether oxygens (including phenoxy) is 1. The number of rotatable bonds is 3. The summed E-state index contributed by atoms with van der Waals surface area (Å²) >= 11 is 0. The first-order chi connectivity index (χ1) is 7.31. The van der Waals surface area contributed by atoms with Crippen LogP contribution in [0.15, 0.2) is 30.6 Å². The lowest BCUT2D eigenvalue weighted by atomic mass is 10.4. The molecule has 0 aromatic carbocycles. The average molecular weight is 203 g/mol. The first-order valence-corrected chi connectivity index (χ1v) is 4.91. The fourth-order valence-corrected chi connectivity index (χ4v) is 1.36. The molecule has 4 nitrogen and oxygen atoms in total. The number of aromatic nitrogens is 3. The van der Waals surface area contributed by atoms with Gasteiger partial charge >= 0.3 is 0 Å². The Balaban J connectivity index is 2.42. The van der Waals surface area contributed by atoms with E-state index in [4.69, 9.17) is 4.74 Å². The molecule has 0 bridgehead atoms. The summed E-state index contributed by atoms with van der Waals surface area (Å²) in [5.74, 6) is 1.48. The third-order valence-corrected chi connectivity index (χ3v) is 1.99. The van der Waals surface area contributed by atoms with E-state index in [-0.39, 0.29) is 0 Å². The van der Waals surface area contributed by atoms with E-state index in [0.717, 1.165) is 17.3 Å². The molecule has 0 N–H and O–H groups in total. The SMILES string of the molecule is CCOc1cccnc1-n1ccc(C)n1. The Labute approximate surface area is 88.5 Å². The standard InChI is InChI=1S/C11H13N3O/c1-3-15-10-5-4-7-12-11(10)14-8-6-9(2)13-14/h4-8H,3H2,1-2H3. The maximum atomic E-state index is 5.48. The lowest BCUT2D eigenvalue weighted by Gasteiger charge is -2.07. The zero-order valence-corrected chi connectivity index (χ0v) is 8.84. The first-order valence-electron chi connectivity index (χ1n) is 4.91. The highest BCUT2D eigenvalue weighted by Gasteiger charge is 2.06.